The molecular formula is C20H16Cl2INO4. The lowest BCUT2D eigenvalue weighted by Gasteiger charge is -2.13. The Morgan fingerprint density at radius 3 is 2.57 bits per heavy atom. The molecular weight excluding hydrogens is 516 g/mol. The summed E-state index contributed by atoms with van der Waals surface area (Å²) < 4.78 is 17.4. The van der Waals surface area contributed by atoms with Crippen molar-refractivity contribution in [2.45, 2.75) is 13.8 Å². The van der Waals surface area contributed by atoms with E-state index in [4.69, 9.17) is 37.4 Å². The summed E-state index contributed by atoms with van der Waals surface area (Å²) >= 11 is 14.7. The van der Waals surface area contributed by atoms with Gasteiger partial charge < -0.3 is 14.2 Å². The molecule has 0 saturated heterocycles. The summed E-state index contributed by atoms with van der Waals surface area (Å²) in [6, 6.07) is 8.82. The van der Waals surface area contributed by atoms with E-state index in [-0.39, 0.29) is 11.6 Å². The zero-order valence-electron chi connectivity index (χ0n) is 15.1. The fourth-order valence-electron chi connectivity index (χ4n) is 2.56. The van der Waals surface area contributed by atoms with Crippen LogP contribution in [0, 0.1) is 3.57 Å². The van der Waals surface area contributed by atoms with Crippen molar-refractivity contribution in [2.75, 3.05) is 13.2 Å². The van der Waals surface area contributed by atoms with Crippen LogP contribution in [0.15, 0.2) is 41.0 Å². The van der Waals surface area contributed by atoms with Crippen LogP contribution < -0.4 is 9.47 Å². The van der Waals surface area contributed by atoms with E-state index in [0.29, 0.717) is 45.9 Å². The second-order valence-corrected chi connectivity index (χ2v) is 7.72. The summed E-state index contributed by atoms with van der Waals surface area (Å²) in [7, 11) is 0. The molecule has 0 spiro atoms. The minimum atomic E-state index is -0.562. The normalized spacial score (nSPS) is 14.8. The van der Waals surface area contributed by atoms with Crippen LogP contribution in [0.4, 0.5) is 0 Å². The lowest BCUT2D eigenvalue weighted by atomic mass is 10.1. The summed E-state index contributed by atoms with van der Waals surface area (Å²) in [5.41, 5.74) is 1.35. The van der Waals surface area contributed by atoms with Gasteiger partial charge in [-0.15, -0.1) is 0 Å². The van der Waals surface area contributed by atoms with Crippen molar-refractivity contribution in [1.82, 2.24) is 0 Å². The Hall–Kier alpha value is -1.77. The van der Waals surface area contributed by atoms with Crippen LogP contribution in [0.2, 0.25) is 10.0 Å². The van der Waals surface area contributed by atoms with Gasteiger partial charge in [-0.2, -0.15) is 0 Å². The molecule has 146 valence electrons. The molecule has 0 amide bonds. The summed E-state index contributed by atoms with van der Waals surface area (Å²) in [6.07, 6.45) is 1.58. The van der Waals surface area contributed by atoms with E-state index in [0.717, 1.165) is 3.57 Å². The maximum Gasteiger partial charge on any atom is 0.363 e. The van der Waals surface area contributed by atoms with Gasteiger partial charge in [0.05, 0.1) is 28.8 Å². The molecule has 1 heterocycles. The monoisotopic (exact) mass is 531 g/mol. The van der Waals surface area contributed by atoms with Gasteiger partial charge in [-0.05, 0) is 78.4 Å². The number of hydrogen-bond acceptors (Lipinski definition) is 5. The Balaban J connectivity index is 2.00. The van der Waals surface area contributed by atoms with Crippen molar-refractivity contribution >= 4 is 63.7 Å². The Bertz CT molecular complexity index is 988. The van der Waals surface area contributed by atoms with Crippen molar-refractivity contribution in [3.8, 4) is 11.5 Å². The molecule has 0 fully saturated rings. The maximum atomic E-state index is 12.3. The fourth-order valence-corrected chi connectivity index (χ4v) is 3.53. The molecule has 8 heteroatoms. The van der Waals surface area contributed by atoms with Gasteiger partial charge in [0.2, 0.25) is 5.90 Å². The smallest absolute Gasteiger partial charge is 0.363 e. The number of cyclic esters (lactones) is 1. The van der Waals surface area contributed by atoms with Crippen molar-refractivity contribution in [2.24, 2.45) is 4.99 Å². The number of aliphatic imine (C=N–C) groups is 1. The number of esters is 1. The van der Waals surface area contributed by atoms with E-state index in [2.05, 4.69) is 27.6 Å². The largest absolute Gasteiger partial charge is 0.490 e. The molecule has 0 unspecified atom stereocenters. The van der Waals surface area contributed by atoms with E-state index in [9.17, 15) is 4.79 Å². The number of halogens is 3. The van der Waals surface area contributed by atoms with Crippen molar-refractivity contribution in [3.05, 3.63) is 60.8 Å². The molecule has 28 heavy (non-hydrogen) atoms. The third-order valence-electron chi connectivity index (χ3n) is 3.70. The number of benzene rings is 2. The summed E-state index contributed by atoms with van der Waals surface area (Å²) in [5.74, 6) is 0.576. The molecule has 0 bridgehead atoms. The van der Waals surface area contributed by atoms with E-state index in [1.165, 1.54) is 0 Å². The minimum Gasteiger partial charge on any atom is -0.490 e. The number of carbonyl (C=O) groups is 1. The average molecular weight is 532 g/mol. The van der Waals surface area contributed by atoms with Crippen LogP contribution in [0.5, 0.6) is 11.5 Å². The Kier molecular flexibility index (Phi) is 6.85. The highest BCUT2D eigenvalue weighted by atomic mass is 127. The van der Waals surface area contributed by atoms with Gasteiger partial charge in [-0.3, -0.25) is 0 Å². The number of rotatable bonds is 6. The molecule has 0 saturated carbocycles. The molecule has 2 aromatic carbocycles. The maximum absolute atomic E-state index is 12.3. The van der Waals surface area contributed by atoms with Gasteiger partial charge in [0.1, 0.15) is 0 Å². The summed E-state index contributed by atoms with van der Waals surface area (Å²) in [4.78, 5) is 16.6. The quantitative estimate of drug-likeness (QED) is 0.271. The number of nitrogens with zero attached hydrogens (tertiary/aromatic N) is 1. The van der Waals surface area contributed by atoms with Gasteiger partial charge in [0.25, 0.3) is 0 Å². The first kappa shape index (κ1) is 21.0. The highest BCUT2D eigenvalue weighted by molar-refractivity contribution is 14.1. The third-order valence-corrected chi connectivity index (χ3v) is 4.98. The second kappa shape index (κ2) is 9.15. The first-order valence-electron chi connectivity index (χ1n) is 8.50. The molecule has 1 aliphatic rings. The minimum absolute atomic E-state index is 0.146. The van der Waals surface area contributed by atoms with Crippen molar-refractivity contribution in [3.63, 3.8) is 0 Å². The predicted octanol–water partition coefficient (Wildman–Crippen LogP) is 5.74. The van der Waals surface area contributed by atoms with Gasteiger partial charge in [-0.25, -0.2) is 9.79 Å². The third kappa shape index (κ3) is 4.61. The molecule has 0 radical (unpaired) electrons. The van der Waals surface area contributed by atoms with E-state index in [1.54, 1.807) is 30.3 Å². The SMILES string of the molecule is CCOc1cc(C=C2N=C(c3cc(I)ccc3Cl)OC2=O)cc(Cl)c1OCC. The zero-order chi connectivity index (χ0) is 20.3. The van der Waals surface area contributed by atoms with Gasteiger partial charge >= 0.3 is 5.97 Å². The number of hydrogen-bond donors (Lipinski definition) is 0. The fraction of sp³-hybridized carbons (Fsp3) is 0.200. The molecule has 1 aliphatic heterocycles. The average Bonchev–Trinajstić information content (AvgIpc) is 3.00. The van der Waals surface area contributed by atoms with Crippen LogP contribution >= 0.6 is 45.8 Å². The Morgan fingerprint density at radius 2 is 1.86 bits per heavy atom. The molecule has 0 aliphatic carbocycles. The van der Waals surface area contributed by atoms with Gasteiger partial charge in [0, 0.05) is 3.57 Å². The van der Waals surface area contributed by atoms with Gasteiger partial charge in [0.15, 0.2) is 17.2 Å². The summed E-state index contributed by atoms with van der Waals surface area (Å²) in [5, 5.41) is 0.840. The van der Waals surface area contributed by atoms with Crippen LogP contribution in [0.25, 0.3) is 6.08 Å². The topological polar surface area (TPSA) is 57.1 Å². The molecule has 2 aromatic rings. The highest BCUT2D eigenvalue weighted by Gasteiger charge is 2.26. The predicted molar refractivity (Wildman–Crippen MR) is 119 cm³/mol. The number of carbonyl (C=O) groups excluding carboxylic acids is 1. The van der Waals surface area contributed by atoms with E-state index >= 15 is 0 Å². The van der Waals surface area contributed by atoms with Crippen molar-refractivity contribution < 1.29 is 19.0 Å². The van der Waals surface area contributed by atoms with Crippen LogP contribution in [0.3, 0.4) is 0 Å². The van der Waals surface area contributed by atoms with Gasteiger partial charge in [-0.1, -0.05) is 23.2 Å². The standard InChI is InChI=1S/C20H16Cl2INO4/c1-3-26-17-9-11(7-15(22)18(17)27-4-2)8-16-20(25)28-19(24-16)13-10-12(23)5-6-14(13)21/h5-10H,3-4H2,1-2H3. The molecule has 3 rings (SSSR count). The first-order chi connectivity index (χ1) is 13.4. The van der Waals surface area contributed by atoms with E-state index in [1.807, 2.05) is 19.9 Å². The lowest BCUT2D eigenvalue weighted by Crippen LogP contribution is -2.06. The van der Waals surface area contributed by atoms with Crippen LogP contribution in [-0.4, -0.2) is 25.1 Å². The first-order valence-corrected chi connectivity index (χ1v) is 10.3. The molecule has 0 aromatic heterocycles. The molecule has 0 atom stereocenters. The molecule has 5 nitrogen and oxygen atoms in total. The van der Waals surface area contributed by atoms with Crippen LogP contribution in [0.1, 0.15) is 25.0 Å². The van der Waals surface area contributed by atoms with Crippen LogP contribution in [-0.2, 0) is 9.53 Å². The lowest BCUT2D eigenvalue weighted by molar-refractivity contribution is -0.129. The zero-order valence-corrected chi connectivity index (χ0v) is 18.8. The number of ether oxygens (including phenoxy) is 3. The second-order valence-electron chi connectivity index (χ2n) is 5.66. The highest BCUT2D eigenvalue weighted by Crippen LogP contribution is 2.37. The molecule has 0 N–H and O–H groups in total. The Labute approximate surface area is 186 Å². The van der Waals surface area contributed by atoms with Crippen molar-refractivity contribution in [1.29, 1.82) is 0 Å². The Morgan fingerprint density at radius 1 is 1.11 bits per heavy atom. The summed E-state index contributed by atoms with van der Waals surface area (Å²) in [6.45, 7) is 4.63. The van der Waals surface area contributed by atoms with E-state index < -0.39 is 5.97 Å².